The molecule has 1 aliphatic carbocycles. The van der Waals surface area contributed by atoms with Gasteiger partial charge in [0.15, 0.2) is 5.82 Å². The minimum absolute atomic E-state index is 0.100. The third-order valence-corrected chi connectivity index (χ3v) is 5.98. The number of anilines is 1. The zero-order valence-corrected chi connectivity index (χ0v) is 15.5. The third-order valence-electron chi connectivity index (χ3n) is 5.98. The highest BCUT2D eigenvalue weighted by Crippen LogP contribution is 2.42. The number of nitrogens with one attached hydrogen (secondary N) is 1. The van der Waals surface area contributed by atoms with Crippen molar-refractivity contribution in [3.8, 4) is 0 Å². The summed E-state index contributed by atoms with van der Waals surface area (Å²) >= 11 is 0. The van der Waals surface area contributed by atoms with Crippen LogP contribution < -0.4 is 16.1 Å². The highest BCUT2D eigenvalue weighted by molar-refractivity contribution is 5.73. The quantitative estimate of drug-likeness (QED) is 0.732. The normalized spacial score (nSPS) is 21.2. The van der Waals surface area contributed by atoms with Gasteiger partial charge in [-0.05, 0) is 39.0 Å². The van der Waals surface area contributed by atoms with E-state index in [0.29, 0.717) is 41.8 Å². The number of fused-ring (bicyclic) bond motifs is 1. The first-order chi connectivity index (χ1) is 12.8. The van der Waals surface area contributed by atoms with E-state index in [-0.39, 0.29) is 24.1 Å². The van der Waals surface area contributed by atoms with Gasteiger partial charge in [-0.2, -0.15) is 0 Å². The number of aromatic nitrogens is 2. The Labute approximate surface area is 155 Å². The second-order valence-corrected chi connectivity index (χ2v) is 7.75. The zero-order chi connectivity index (χ0) is 19.5. The van der Waals surface area contributed by atoms with Crippen LogP contribution in [0.2, 0.25) is 0 Å². The molecular formula is C19H24FN3O4. The van der Waals surface area contributed by atoms with Crippen molar-refractivity contribution >= 4 is 11.2 Å². The Morgan fingerprint density at radius 2 is 1.96 bits per heavy atom. The van der Waals surface area contributed by atoms with Gasteiger partial charge >= 0.3 is 5.69 Å². The van der Waals surface area contributed by atoms with Crippen LogP contribution in [0.3, 0.4) is 0 Å². The molecule has 2 aliphatic rings. The van der Waals surface area contributed by atoms with E-state index >= 15 is 4.39 Å². The van der Waals surface area contributed by atoms with Gasteiger partial charge in [0.1, 0.15) is 0 Å². The number of halogens is 1. The van der Waals surface area contributed by atoms with Crippen molar-refractivity contribution in [2.24, 2.45) is 5.92 Å². The second kappa shape index (κ2) is 6.45. The number of H-pyrrole nitrogens is 1. The van der Waals surface area contributed by atoms with Crippen LogP contribution in [0, 0.1) is 25.6 Å². The molecule has 27 heavy (non-hydrogen) atoms. The lowest BCUT2D eigenvalue weighted by atomic mass is 10.0. The van der Waals surface area contributed by atoms with Crippen molar-refractivity contribution in [2.75, 3.05) is 24.6 Å². The molecule has 1 saturated carbocycles. The van der Waals surface area contributed by atoms with Gasteiger partial charge in [0.25, 0.3) is 5.56 Å². The van der Waals surface area contributed by atoms with E-state index < -0.39 is 23.2 Å². The Balaban J connectivity index is 1.94. The minimum Gasteiger partial charge on any atom is -0.394 e. The lowest BCUT2D eigenvalue weighted by Gasteiger charge is -2.25. The van der Waals surface area contributed by atoms with Crippen molar-refractivity contribution in [3.63, 3.8) is 0 Å². The van der Waals surface area contributed by atoms with Crippen molar-refractivity contribution in [1.82, 2.24) is 9.38 Å². The van der Waals surface area contributed by atoms with Crippen LogP contribution in [0.1, 0.15) is 42.0 Å². The number of nitrogens with zero attached hydrogens (tertiary/aromatic N) is 2. The van der Waals surface area contributed by atoms with Gasteiger partial charge in [0.2, 0.25) is 0 Å². The molecule has 0 amide bonds. The van der Waals surface area contributed by atoms with E-state index in [4.69, 9.17) is 0 Å². The Morgan fingerprint density at radius 3 is 2.59 bits per heavy atom. The maximum atomic E-state index is 15.3. The fourth-order valence-corrected chi connectivity index (χ4v) is 4.37. The summed E-state index contributed by atoms with van der Waals surface area (Å²) in [6, 6.07) is 0. The zero-order valence-electron chi connectivity index (χ0n) is 15.5. The van der Waals surface area contributed by atoms with E-state index in [0.717, 1.165) is 12.8 Å². The average molecular weight is 377 g/mol. The summed E-state index contributed by atoms with van der Waals surface area (Å²) in [5.41, 5.74) is 1.17. The predicted octanol–water partition coefficient (Wildman–Crippen LogP) is 0.801. The molecular weight excluding hydrogens is 353 g/mol. The van der Waals surface area contributed by atoms with Crippen LogP contribution >= 0.6 is 0 Å². The molecule has 7 nitrogen and oxygen atoms in total. The second-order valence-electron chi connectivity index (χ2n) is 7.75. The molecule has 1 saturated heterocycles. The molecule has 0 radical (unpaired) electrons. The first-order valence-corrected chi connectivity index (χ1v) is 9.36. The van der Waals surface area contributed by atoms with Crippen molar-refractivity contribution in [2.45, 2.75) is 45.1 Å². The van der Waals surface area contributed by atoms with Crippen molar-refractivity contribution in [3.05, 3.63) is 43.5 Å². The number of aliphatic hydroxyl groups is 2. The Kier molecular flexibility index (Phi) is 4.35. The maximum absolute atomic E-state index is 15.3. The first-order valence-electron chi connectivity index (χ1n) is 9.36. The fraction of sp³-hybridized carbons (Fsp3) is 0.579. The van der Waals surface area contributed by atoms with Gasteiger partial charge < -0.3 is 15.1 Å². The Morgan fingerprint density at radius 1 is 1.26 bits per heavy atom. The van der Waals surface area contributed by atoms with Crippen LogP contribution in [-0.2, 0) is 0 Å². The summed E-state index contributed by atoms with van der Waals surface area (Å²) in [5, 5.41) is 19.1. The number of aliphatic hydroxyl groups excluding tert-OH is 2. The molecule has 4 rings (SSSR count). The number of pyridine rings is 1. The van der Waals surface area contributed by atoms with Gasteiger partial charge in [-0.15, -0.1) is 0 Å². The molecule has 3 heterocycles. The van der Waals surface area contributed by atoms with Crippen LogP contribution in [0.4, 0.5) is 10.1 Å². The summed E-state index contributed by atoms with van der Waals surface area (Å²) in [5.74, 6) is -0.534. The van der Waals surface area contributed by atoms with Gasteiger partial charge in [-0.25, -0.2) is 9.18 Å². The van der Waals surface area contributed by atoms with Crippen molar-refractivity contribution in [1.29, 1.82) is 0 Å². The Hall–Kier alpha value is -2.19. The summed E-state index contributed by atoms with van der Waals surface area (Å²) in [6.07, 6.45) is 1.57. The lowest BCUT2D eigenvalue weighted by molar-refractivity contribution is 0.0545. The topological polar surface area (TPSA) is 98.0 Å². The summed E-state index contributed by atoms with van der Waals surface area (Å²) in [6.45, 7) is 3.92. The van der Waals surface area contributed by atoms with Crippen LogP contribution in [0.15, 0.2) is 9.59 Å². The number of hydrogen-bond donors (Lipinski definition) is 3. The molecule has 0 spiro atoms. The standard InChI is InChI=1S/C19H24FN3O4/c1-9-16-14(11-3-4-11)18(26)21-19(27)23(16)10(2)15(20)17(9)22-6-5-12(7-22)13(25)8-24/h11-13,24-25H,3-8H2,1-2H3,(H,21,26,27). The van der Waals surface area contributed by atoms with E-state index in [1.165, 1.54) is 11.3 Å². The van der Waals surface area contributed by atoms with Gasteiger partial charge in [-0.1, -0.05) is 0 Å². The van der Waals surface area contributed by atoms with E-state index in [1.54, 1.807) is 6.92 Å². The number of aryl methyl sites for hydroxylation is 2. The van der Waals surface area contributed by atoms with Crippen molar-refractivity contribution < 1.29 is 14.6 Å². The number of rotatable bonds is 4. The monoisotopic (exact) mass is 377 g/mol. The summed E-state index contributed by atoms with van der Waals surface area (Å²) in [7, 11) is 0. The largest absolute Gasteiger partial charge is 0.394 e. The van der Waals surface area contributed by atoms with Gasteiger partial charge in [0.05, 0.1) is 29.6 Å². The number of hydrogen-bond acceptors (Lipinski definition) is 5. The minimum atomic E-state index is -0.840. The smallest absolute Gasteiger partial charge is 0.333 e. The lowest BCUT2D eigenvalue weighted by Crippen LogP contribution is -2.33. The first kappa shape index (κ1) is 18.2. The molecule has 3 N–H and O–H groups in total. The molecule has 2 unspecified atom stereocenters. The van der Waals surface area contributed by atoms with Crippen LogP contribution in [0.25, 0.3) is 5.52 Å². The van der Waals surface area contributed by atoms with E-state index in [2.05, 4.69) is 4.98 Å². The molecule has 2 aromatic heterocycles. The highest BCUT2D eigenvalue weighted by atomic mass is 19.1. The molecule has 1 aliphatic heterocycles. The third kappa shape index (κ3) is 2.78. The molecule has 0 bridgehead atoms. The van der Waals surface area contributed by atoms with Gasteiger partial charge in [-0.3, -0.25) is 14.2 Å². The molecule has 0 aromatic carbocycles. The van der Waals surface area contributed by atoms with Crippen LogP contribution in [0.5, 0.6) is 0 Å². The maximum Gasteiger partial charge on any atom is 0.333 e. The predicted molar refractivity (Wildman–Crippen MR) is 99.1 cm³/mol. The summed E-state index contributed by atoms with van der Waals surface area (Å²) < 4.78 is 16.6. The van der Waals surface area contributed by atoms with Gasteiger partial charge in [0, 0.05) is 30.1 Å². The number of aromatic amines is 1. The SMILES string of the molecule is Cc1c(N2CCC(C(O)CO)C2)c(F)c(C)n2c(=O)[nH]c(=O)c(C3CC3)c12. The van der Waals surface area contributed by atoms with E-state index in [1.807, 2.05) is 4.90 Å². The molecule has 2 aromatic rings. The highest BCUT2D eigenvalue weighted by Gasteiger charge is 2.34. The van der Waals surface area contributed by atoms with Crippen LogP contribution in [-0.4, -0.2) is 45.4 Å². The average Bonchev–Trinajstić information content (AvgIpc) is 3.35. The van der Waals surface area contributed by atoms with E-state index in [9.17, 15) is 19.8 Å². The molecule has 8 heteroatoms. The summed E-state index contributed by atoms with van der Waals surface area (Å²) in [4.78, 5) is 29.0. The fourth-order valence-electron chi connectivity index (χ4n) is 4.37. The molecule has 146 valence electrons. The Bertz CT molecular complexity index is 1020. The molecule has 2 atom stereocenters. The molecule has 2 fully saturated rings.